The molecule has 0 spiro atoms. The third-order valence-corrected chi connectivity index (χ3v) is 2.43. The lowest BCUT2D eigenvalue weighted by Gasteiger charge is -2.20. The van der Waals surface area contributed by atoms with Crippen LogP contribution >= 0.6 is 0 Å². The summed E-state index contributed by atoms with van der Waals surface area (Å²) >= 11 is 0. The molecule has 0 unspecified atom stereocenters. The first kappa shape index (κ1) is 12.1. The second kappa shape index (κ2) is 5.79. The fourth-order valence-corrected chi connectivity index (χ4v) is 1.66. The SMILES string of the molecule is CC/C=C/CN1CCN(C)C1=NC(C)C. The highest BCUT2D eigenvalue weighted by Gasteiger charge is 2.22. The number of guanidine groups is 1. The molecule has 0 radical (unpaired) electrons. The minimum atomic E-state index is 0.373. The number of hydrogen-bond acceptors (Lipinski definition) is 1. The van der Waals surface area contributed by atoms with E-state index in [0.29, 0.717) is 6.04 Å². The fraction of sp³-hybridized carbons (Fsp3) is 0.750. The lowest BCUT2D eigenvalue weighted by molar-refractivity contribution is 0.508. The van der Waals surface area contributed by atoms with Gasteiger partial charge in [0.2, 0.25) is 0 Å². The van der Waals surface area contributed by atoms with Crippen LogP contribution in [-0.2, 0) is 0 Å². The molecule has 1 aliphatic rings. The highest BCUT2D eigenvalue weighted by molar-refractivity contribution is 5.82. The van der Waals surface area contributed by atoms with Crippen molar-refractivity contribution in [2.24, 2.45) is 4.99 Å². The van der Waals surface area contributed by atoms with Gasteiger partial charge in [-0.15, -0.1) is 0 Å². The molecule has 1 heterocycles. The van der Waals surface area contributed by atoms with Crippen LogP contribution in [0, 0.1) is 0 Å². The third-order valence-electron chi connectivity index (χ3n) is 2.43. The Kier molecular flexibility index (Phi) is 4.66. The maximum absolute atomic E-state index is 4.65. The molecule has 1 aliphatic heterocycles. The Morgan fingerprint density at radius 1 is 1.33 bits per heavy atom. The summed E-state index contributed by atoms with van der Waals surface area (Å²) in [6, 6.07) is 0.373. The number of rotatable bonds is 4. The van der Waals surface area contributed by atoms with Gasteiger partial charge in [0, 0.05) is 32.7 Å². The number of likely N-dealkylation sites (N-methyl/N-ethyl adjacent to an activating group) is 1. The Balaban J connectivity index is 2.60. The Morgan fingerprint density at radius 3 is 2.67 bits per heavy atom. The minimum absolute atomic E-state index is 0.373. The summed E-state index contributed by atoms with van der Waals surface area (Å²) in [5, 5.41) is 0. The summed E-state index contributed by atoms with van der Waals surface area (Å²) in [5.74, 6) is 1.14. The van der Waals surface area contributed by atoms with Gasteiger partial charge in [-0.05, 0) is 20.3 Å². The van der Waals surface area contributed by atoms with Gasteiger partial charge in [-0.3, -0.25) is 4.99 Å². The summed E-state index contributed by atoms with van der Waals surface area (Å²) in [5.41, 5.74) is 0. The van der Waals surface area contributed by atoms with E-state index in [2.05, 4.69) is 54.8 Å². The van der Waals surface area contributed by atoms with E-state index in [1.165, 1.54) is 0 Å². The van der Waals surface area contributed by atoms with Crippen molar-refractivity contribution < 1.29 is 0 Å². The Labute approximate surface area is 93.5 Å². The van der Waals surface area contributed by atoms with Gasteiger partial charge < -0.3 is 9.80 Å². The van der Waals surface area contributed by atoms with Crippen molar-refractivity contribution in [2.45, 2.75) is 33.2 Å². The fourth-order valence-electron chi connectivity index (χ4n) is 1.66. The molecule has 0 aromatic rings. The van der Waals surface area contributed by atoms with Gasteiger partial charge in [0.25, 0.3) is 0 Å². The van der Waals surface area contributed by atoms with Crippen LogP contribution in [0.2, 0.25) is 0 Å². The zero-order valence-corrected chi connectivity index (χ0v) is 10.4. The molecule has 0 bridgehead atoms. The van der Waals surface area contributed by atoms with E-state index in [1.54, 1.807) is 0 Å². The number of nitrogens with zero attached hydrogens (tertiary/aromatic N) is 3. The molecule has 1 saturated heterocycles. The Morgan fingerprint density at radius 2 is 2.07 bits per heavy atom. The van der Waals surface area contributed by atoms with Crippen molar-refractivity contribution in [2.75, 3.05) is 26.7 Å². The molecule has 0 aromatic heterocycles. The van der Waals surface area contributed by atoms with Gasteiger partial charge in [-0.1, -0.05) is 19.1 Å². The quantitative estimate of drug-likeness (QED) is 0.659. The van der Waals surface area contributed by atoms with Crippen molar-refractivity contribution in [1.82, 2.24) is 9.80 Å². The molecule has 1 rings (SSSR count). The van der Waals surface area contributed by atoms with Crippen molar-refractivity contribution in [3.8, 4) is 0 Å². The minimum Gasteiger partial charge on any atom is -0.344 e. The number of aliphatic imine (C=N–C) groups is 1. The number of hydrogen-bond donors (Lipinski definition) is 0. The van der Waals surface area contributed by atoms with E-state index in [9.17, 15) is 0 Å². The molecular formula is C12H23N3. The van der Waals surface area contributed by atoms with E-state index in [0.717, 1.165) is 32.0 Å². The monoisotopic (exact) mass is 209 g/mol. The summed E-state index contributed by atoms with van der Waals surface area (Å²) in [4.78, 5) is 9.23. The van der Waals surface area contributed by atoms with Gasteiger partial charge in [0.15, 0.2) is 5.96 Å². The Bertz CT molecular complexity index is 243. The van der Waals surface area contributed by atoms with Crippen LogP contribution in [0.15, 0.2) is 17.1 Å². The van der Waals surface area contributed by atoms with Crippen molar-refractivity contribution >= 4 is 5.96 Å². The van der Waals surface area contributed by atoms with Crippen LogP contribution in [0.1, 0.15) is 27.2 Å². The Hall–Kier alpha value is -0.990. The molecule has 3 heteroatoms. The van der Waals surface area contributed by atoms with Crippen molar-refractivity contribution in [1.29, 1.82) is 0 Å². The summed E-state index contributed by atoms with van der Waals surface area (Å²) in [6.07, 6.45) is 5.56. The molecular weight excluding hydrogens is 186 g/mol. The van der Waals surface area contributed by atoms with Crippen LogP contribution in [0.5, 0.6) is 0 Å². The van der Waals surface area contributed by atoms with Gasteiger partial charge in [0.1, 0.15) is 0 Å². The molecule has 0 saturated carbocycles. The first-order valence-electron chi connectivity index (χ1n) is 5.84. The largest absolute Gasteiger partial charge is 0.344 e. The second-order valence-corrected chi connectivity index (χ2v) is 4.27. The summed E-state index contributed by atoms with van der Waals surface area (Å²) < 4.78 is 0. The highest BCUT2D eigenvalue weighted by Crippen LogP contribution is 2.08. The van der Waals surface area contributed by atoms with Gasteiger partial charge in [-0.2, -0.15) is 0 Å². The zero-order chi connectivity index (χ0) is 11.3. The molecule has 1 fully saturated rings. The van der Waals surface area contributed by atoms with E-state index in [-0.39, 0.29) is 0 Å². The first-order valence-corrected chi connectivity index (χ1v) is 5.84. The van der Waals surface area contributed by atoms with Gasteiger partial charge in [0.05, 0.1) is 0 Å². The van der Waals surface area contributed by atoms with E-state index >= 15 is 0 Å². The lowest BCUT2D eigenvalue weighted by Crippen LogP contribution is -2.32. The molecule has 3 nitrogen and oxygen atoms in total. The normalized spacial score (nSPS) is 20.2. The van der Waals surface area contributed by atoms with Crippen LogP contribution in [0.4, 0.5) is 0 Å². The topological polar surface area (TPSA) is 18.8 Å². The van der Waals surface area contributed by atoms with Crippen LogP contribution in [0.25, 0.3) is 0 Å². The van der Waals surface area contributed by atoms with Crippen molar-refractivity contribution in [3.63, 3.8) is 0 Å². The van der Waals surface area contributed by atoms with Crippen molar-refractivity contribution in [3.05, 3.63) is 12.2 Å². The molecule has 0 aliphatic carbocycles. The van der Waals surface area contributed by atoms with Crippen LogP contribution < -0.4 is 0 Å². The lowest BCUT2D eigenvalue weighted by atomic mass is 10.4. The number of allylic oxidation sites excluding steroid dienone is 1. The molecule has 86 valence electrons. The predicted molar refractivity (Wildman–Crippen MR) is 66.2 cm³/mol. The van der Waals surface area contributed by atoms with E-state index in [4.69, 9.17) is 0 Å². The average Bonchev–Trinajstić information content (AvgIpc) is 2.49. The summed E-state index contributed by atoms with van der Waals surface area (Å²) in [7, 11) is 2.12. The smallest absolute Gasteiger partial charge is 0.196 e. The molecule has 0 atom stereocenters. The first-order chi connectivity index (χ1) is 7.15. The molecule has 0 aromatic carbocycles. The van der Waals surface area contributed by atoms with E-state index < -0.39 is 0 Å². The maximum Gasteiger partial charge on any atom is 0.196 e. The molecule has 0 N–H and O–H groups in total. The average molecular weight is 209 g/mol. The van der Waals surface area contributed by atoms with E-state index in [1.807, 2.05) is 0 Å². The van der Waals surface area contributed by atoms with Gasteiger partial charge in [-0.25, -0.2) is 0 Å². The second-order valence-electron chi connectivity index (χ2n) is 4.27. The van der Waals surface area contributed by atoms with Crippen LogP contribution in [0.3, 0.4) is 0 Å². The summed E-state index contributed by atoms with van der Waals surface area (Å²) in [6.45, 7) is 9.58. The third kappa shape index (κ3) is 3.57. The molecule has 15 heavy (non-hydrogen) atoms. The zero-order valence-electron chi connectivity index (χ0n) is 10.4. The molecule has 0 amide bonds. The highest BCUT2D eigenvalue weighted by atomic mass is 15.4. The maximum atomic E-state index is 4.65. The van der Waals surface area contributed by atoms with Crippen LogP contribution in [-0.4, -0.2) is 48.5 Å². The predicted octanol–water partition coefficient (Wildman–Crippen LogP) is 1.96. The standard InChI is InChI=1S/C12H23N3/c1-5-6-7-8-15-10-9-14(4)12(15)13-11(2)3/h6-7,11H,5,8-10H2,1-4H3/b7-6+,13-12?. The van der Waals surface area contributed by atoms with Gasteiger partial charge >= 0.3 is 0 Å².